The molecule has 2 aliphatic heterocycles. The van der Waals surface area contributed by atoms with Gasteiger partial charge >= 0.3 is 6.03 Å². The van der Waals surface area contributed by atoms with Crippen LogP contribution in [0.25, 0.3) is 0 Å². The van der Waals surface area contributed by atoms with Gasteiger partial charge in [0, 0.05) is 26.2 Å². The summed E-state index contributed by atoms with van der Waals surface area (Å²) >= 11 is 0. The van der Waals surface area contributed by atoms with Gasteiger partial charge in [0.25, 0.3) is 0 Å². The monoisotopic (exact) mass is 227 g/mol. The number of urea groups is 1. The van der Waals surface area contributed by atoms with Crippen LogP contribution in [-0.2, 0) is 4.74 Å². The second-order valence-corrected chi connectivity index (χ2v) is 5.15. The van der Waals surface area contributed by atoms with Crippen LogP contribution in [0.5, 0.6) is 0 Å². The van der Waals surface area contributed by atoms with E-state index in [1.54, 1.807) is 0 Å². The van der Waals surface area contributed by atoms with Crippen LogP contribution in [0, 0.1) is 0 Å². The molecular weight excluding hydrogens is 206 g/mol. The summed E-state index contributed by atoms with van der Waals surface area (Å²) in [6.45, 7) is 8.08. The Morgan fingerprint density at radius 1 is 1.56 bits per heavy atom. The summed E-state index contributed by atoms with van der Waals surface area (Å²) < 4.78 is 5.25. The van der Waals surface area contributed by atoms with Gasteiger partial charge in [0.05, 0.1) is 18.2 Å². The molecule has 0 bridgehead atoms. The van der Waals surface area contributed by atoms with Crippen molar-refractivity contribution in [2.24, 2.45) is 0 Å². The van der Waals surface area contributed by atoms with Crippen molar-refractivity contribution >= 4 is 6.03 Å². The molecule has 0 aliphatic carbocycles. The van der Waals surface area contributed by atoms with E-state index in [4.69, 9.17) is 4.74 Å². The number of piperazine rings is 1. The third-order valence-corrected chi connectivity index (χ3v) is 3.30. The van der Waals surface area contributed by atoms with E-state index in [2.05, 4.69) is 24.5 Å². The Balaban J connectivity index is 1.91. The van der Waals surface area contributed by atoms with E-state index < -0.39 is 0 Å². The minimum Gasteiger partial charge on any atom is -0.379 e. The number of nitrogens with zero attached hydrogens (tertiary/aromatic N) is 1. The molecule has 1 atom stereocenters. The van der Waals surface area contributed by atoms with E-state index in [1.807, 2.05) is 4.90 Å². The molecule has 5 heteroatoms. The van der Waals surface area contributed by atoms with Gasteiger partial charge in [-0.1, -0.05) is 0 Å². The lowest BCUT2D eigenvalue weighted by Gasteiger charge is -2.43. The summed E-state index contributed by atoms with van der Waals surface area (Å²) in [4.78, 5) is 14.0. The molecule has 0 saturated carbocycles. The summed E-state index contributed by atoms with van der Waals surface area (Å²) in [6, 6.07) is 0.236. The summed E-state index contributed by atoms with van der Waals surface area (Å²) in [7, 11) is 0. The molecule has 2 saturated heterocycles. The maximum absolute atomic E-state index is 12.1. The summed E-state index contributed by atoms with van der Waals surface area (Å²) in [5.74, 6) is 0. The van der Waals surface area contributed by atoms with Gasteiger partial charge in [0.1, 0.15) is 0 Å². The van der Waals surface area contributed by atoms with Crippen molar-refractivity contribution in [3.05, 3.63) is 0 Å². The Kier molecular flexibility index (Phi) is 3.35. The highest BCUT2D eigenvalue weighted by Crippen LogP contribution is 2.16. The zero-order valence-corrected chi connectivity index (χ0v) is 10.1. The van der Waals surface area contributed by atoms with Gasteiger partial charge in [-0.15, -0.1) is 0 Å². The molecule has 0 aromatic rings. The lowest BCUT2D eigenvalue weighted by Crippen LogP contribution is -2.62. The van der Waals surface area contributed by atoms with Gasteiger partial charge in [-0.2, -0.15) is 0 Å². The van der Waals surface area contributed by atoms with E-state index in [-0.39, 0.29) is 17.6 Å². The first-order valence-corrected chi connectivity index (χ1v) is 5.96. The Morgan fingerprint density at radius 3 is 3.00 bits per heavy atom. The fraction of sp³-hybridized carbons (Fsp3) is 0.909. The highest BCUT2D eigenvalue weighted by molar-refractivity contribution is 5.75. The van der Waals surface area contributed by atoms with Gasteiger partial charge < -0.3 is 20.3 Å². The highest BCUT2D eigenvalue weighted by Gasteiger charge is 2.34. The minimum absolute atomic E-state index is 0.0435. The second kappa shape index (κ2) is 4.59. The first-order valence-electron chi connectivity index (χ1n) is 5.96. The number of rotatable bonds is 1. The molecular formula is C11H21N3O2. The summed E-state index contributed by atoms with van der Waals surface area (Å²) in [5.41, 5.74) is -0.109. The van der Waals surface area contributed by atoms with Crippen LogP contribution in [0.15, 0.2) is 0 Å². The third-order valence-electron chi connectivity index (χ3n) is 3.30. The van der Waals surface area contributed by atoms with Crippen molar-refractivity contribution in [1.82, 2.24) is 15.5 Å². The molecule has 2 amide bonds. The van der Waals surface area contributed by atoms with E-state index in [9.17, 15) is 4.79 Å². The van der Waals surface area contributed by atoms with Crippen LogP contribution < -0.4 is 10.6 Å². The maximum atomic E-state index is 12.1. The fourth-order valence-corrected chi connectivity index (χ4v) is 2.26. The number of nitrogens with one attached hydrogen (secondary N) is 2. The quantitative estimate of drug-likeness (QED) is 0.671. The number of hydrogen-bond donors (Lipinski definition) is 2. The molecule has 16 heavy (non-hydrogen) atoms. The van der Waals surface area contributed by atoms with Crippen LogP contribution in [0.4, 0.5) is 4.79 Å². The number of carbonyl (C=O) groups is 1. The first kappa shape index (κ1) is 11.7. The molecule has 0 radical (unpaired) electrons. The fourth-order valence-electron chi connectivity index (χ4n) is 2.26. The Hall–Kier alpha value is -0.810. The van der Waals surface area contributed by atoms with Gasteiger partial charge in [0.2, 0.25) is 0 Å². The van der Waals surface area contributed by atoms with Crippen LogP contribution in [0.3, 0.4) is 0 Å². The van der Waals surface area contributed by atoms with E-state index in [0.717, 1.165) is 32.7 Å². The minimum atomic E-state index is -0.109. The average Bonchev–Trinajstić information content (AvgIpc) is 2.69. The molecule has 92 valence electrons. The van der Waals surface area contributed by atoms with Crippen molar-refractivity contribution in [2.45, 2.75) is 31.8 Å². The van der Waals surface area contributed by atoms with Crippen LogP contribution in [-0.4, -0.2) is 55.4 Å². The van der Waals surface area contributed by atoms with E-state index in [1.165, 1.54) is 0 Å². The molecule has 2 rings (SSSR count). The second-order valence-electron chi connectivity index (χ2n) is 5.15. The predicted octanol–water partition coefficient (Wildman–Crippen LogP) is 0.169. The third kappa shape index (κ3) is 2.47. The Morgan fingerprint density at radius 2 is 2.38 bits per heavy atom. The lowest BCUT2D eigenvalue weighted by molar-refractivity contribution is 0.109. The summed E-state index contributed by atoms with van der Waals surface area (Å²) in [6.07, 6.45) is 0.929. The van der Waals surface area contributed by atoms with Gasteiger partial charge in [-0.25, -0.2) is 4.79 Å². The maximum Gasteiger partial charge on any atom is 0.318 e. The molecule has 2 N–H and O–H groups in total. The zero-order chi connectivity index (χ0) is 11.6. The van der Waals surface area contributed by atoms with Crippen molar-refractivity contribution in [3.8, 4) is 0 Å². The van der Waals surface area contributed by atoms with Crippen molar-refractivity contribution in [3.63, 3.8) is 0 Å². The van der Waals surface area contributed by atoms with E-state index >= 15 is 0 Å². The largest absolute Gasteiger partial charge is 0.379 e. The smallest absolute Gasteiger partial charge is 0.318 e. The van der Waals surface area contributed by atoms with Crippen molar-refractivity contribution < 1.29 is 9.53 Å². The van der Waals surface area contributed by atoms with E-state index in [0.29, 0.717) is 6.61 Å². The summed E-state index contributed by atoms with van der Waals surface area (Å²) in [5, 5.41) is 6.35. The number of hydrogen-bond acceptors (Lipinski definition) is 3. The van der Waals surface area contributed by atoms with Crippen LogP contribution >= 0.6 is 0 Å². The number of ether oxygens (including phenoxy) is 1. The molecule has 0 aromatic carbocycles. The van der Waals surface area contributed by atoms with Gasteiger partial charge in [-0.05, 0) is 20.3 Å². The lowest BCUT2D eigenvalue weighted by atomic mass is 10.0. The Bertz CT molecular complexity index is 262. The molecule has 2 fully saturated rings. The normalized spacial score (nSPS) is 29.1. The molecule has 5 nitrogen and oxygen atoms in total. The van der Waals surface area contributed by atoms with Gasteiger partial charge in [0.15, 0.2) is 0 Å². The van der Waals surface area contributed by atoms with Gasteiger partial charge in [-0.3, -0.25) is 0 Å². The SMILES string of the molecule is CC1(C)CNCCN1C(=O)NC1CCOC1. The molecule has 1 unspecified atom stereocenters. The predicted molar refractivity (Wildman–Crippen MR) is 61.4 cm³/mol. The average molecular weight is 227 g/mol. The van der Waals surface area contributed by atoms with Crippen molar-refractivity contribution in [1.29, 1.82) is 0 Å². The molecule has 0 aromatic heterocycles. The van der Waals surface area contributed by atoms with Crippen LogP contribution in [0.1, 0.15) is 20.3 Å². The number of carbonyl (C=O) groups excluding carboxylic acids is 1. The molecule has 2 heterocycles. The molecule has 0 spiro atoms. The first-order chi connectivity index (χ1) is 7.59. The number of amides is 2. The van der Waals surface area contributed by atoms with Crippen LogP contribution in [0.2, 0.25) is 0 Å². The Labute approximate surface area is 96.5 Å². The highest BCUT2D eigenvalue weighted by atomic mass is 16.5. The topological polar surface area (TPSA) is 53.6 Å². The zero-order valence-electron chi connectivity index (χ0n) is 10.1. The standard InChI is InChI=1S/C11H21N3O2/c1-11(2)8-12-4-5-14(11)10(15)13-9-3-6-16-7-9/h9,12H,3-8H2,1-2H3,(H,13,15). The molecule has 2 aliphatic rings. The van der Waals surface area contributed by atoms with Crippen molar-refractivity contribution in [2.75, 3.05) is 32.8 Å².